The summed E-state index contributed by atoms with van der Waals surface area (Å²) >= 11 is 0. The van der Waals surface area contributed by atoms with Gasteiger partial charge in [-0.2, -0.15) is 5.10 Å². The predicted octanol–water partition coefficient (Wildman–Crippen LogP) is 3.62. The van der Waals surface area contributed by atoms with Crippen LogP contribution in [0.1, 0.15) is 16.2 Å². The van der Waals surface area contributed by atoms with Crippen LogP contribution in [-0.4, -0.2) is 35.2 Å². The first-order valence-electron chi connectivity index (χ1n) is 9.06. The number of fused-ring (bicyclic) bond motifs is 1. The summed E-state index contributed by atoms with van der Waals surface area (Å²) in [7, 11) is 3.87. The summed E-state index contributed by atoms with van der Waals surface area (Å²) in [4.78, 5) is 18.9. The molecule has 0 fully saturated rings. The molecule has 0 bridgehead atoms. The van der Waals surface area contributed by atoms with E-state index in [0.29, 0.717) is 12.2 Å². The quantitative estimate of drug-likeness (QED) is 0.562. The van der Waals surface area contributed by atoms with E-state index in [1.165, 1.54) is 5.39 Å². The minimum absolute atomic E-state index is 0.211. The number of amides is 1. The van der Waals surface area contributed by atoms with E-state index in [2.05, 4.69) is 44.8 Å². The molecule has 6 nitrogen and oxygen atoms in total. The van der Waals surface area contributed by atoms with E-state index in [9.17, 15) is 4.79 Å². The molecule has 0 atom stereocenters. The molecule has 2 heterocycles. The number of aromatic amines is 1. The lowest BCUT2D eigenvalue weighted by molar-refractivity contribution is 0.0945. The van der Waals surface area contributed by atoms with Gasteiger partial charge in [0.05, 0.1) is 17.9 Å². The van der Waals surface area contributed by atoms with Crippen LogP contribution in [0, 0.1) is 0 Å². The molecule has 2 aromatic heterocycles. The fourth-order valence-electron chi connectivity index (χ4n) is 3.02. The number of pyridine rings is 1. The third-order valence-corrected chi connectivity index (χ3v) is 4.55. The molecule has 2 aromatic carbocycles. The summed E-state index contributed by atoms with van der Waals surface area (Å²) in [5, 5.41) is 12.3. The first kappa shape index (κ1) is 17.7. The fourth-order valence-corrected chi connectivity index (χ4v) is 3.02. The number of nitrogens with zero attached hydrogens (tertiary/aromatic N) is 3. The van der Waals surface area contributed by atoms with Gasteiger partial charge in [0.2, 0.25) is 0 Å². The first-order chi connectivity index (χ1) is 13.6. The first-order valence-corrected chi connectivity index (χ1v) is 9.06. The van der Waals surface area contributed by atoms with Crippen molar-refractivity contribution in [1.29, 1.82) is 0 Å². The molecule has 0 aliphatic carbocycles. The highest BCUT2D eigenvalue weighted by atomic mass is 16.1. The number of aromatic nitrogens is 3. The van der Waals surface area contributed by atoms with Gasteiger partial charge < -0.3 is 10.2 Å². The molecule has 140 valence electrons. The zero-order valence-corrected chi connectivity index (χ0v) is 15.8. The number of nitrogens with one attached hydrogen (secondary N) is 2. The molecule has 28 heavy (non-hydrogen) atoms. The van der Waals surface area contributed by atoms with Gasteiger partial charge >= 0.3 is 0 Å². The SMILES string of the molecule is CN(C)c1cccc(CNC(=O)c2cc(-c3ccc4ccccc4c3)n[nH]2)n1. The van der Waals surface area contributed by atoms with Crippen LogP contribution in [-0.2, 0) is 6.54 Å². The zero-order chi connectivity index (χ0) is 19.5. The molecule has 2 N–H and O–H groups in total. The van der Waals surface area contributed by atoms with Gasteiger partial charge in [-0.3, -0.25) is 9.89 Å². The third-order valence-electron chi connectivity index (χ3n) is 4.55. The predicted molar refractivity (Wildman–Crippen MR) is 111 cm³/mol. The van der Waals surface area contributed by atoms with Crippen molar-refractivity contribution in [2.45, 2.75) is 6.54 Å². The Balaban J connectivity index is 1.47. The largest absolute Gasteiger partial charge is 0.363 e. The lowest BCUT2D eigenvalue weighted by atomic mass is 10.1. The lowest BCUT2D eigenvalue weighted by Crippen LogP contribution is -2.24. The molecule has 0 saturated carbocycles. The normalized spacial score (nSPS) is 10.8. The van der Waals surface area contributed by atoms with E-state index in [1.807, 2.05) is 55.4 Å². The van der Waals surface area contributed by atoms with Gasteiger partial charge in [-0.25, -0.2) is 4.98 Å². The van der Waals surface area contributed by atoms with Crippen LogP contribution in [0.15, 0.2) is 66.7 Å². The Bertz CT molecular complexity index is 1130. The minimum Gasteiger partial charge on any atom is -0.363 e. The van der Waals surface area contributed by atoms with Crippen molar-refractivity contribution in [2.75, 3.05) is 19.0 Å². The maximum absolute atomic E-state index is 12.5. The number of anilines is 1. The molecule has 0 aliphatic rings. The van der Waals surface area contributed by atoms with E-state index in [1.54, 1.807) is 6.07 Å². The molecule has 4 aromatic rings. The maximum Gasteiger partial charge on any atom is 0.269 e. The second-order valence-electron chi connectivity index (χ2n) is 6.79. The number of carbonyl (C=O) groups is 1. The Hall–Kier alpha value is -3.67. The van der Waals surface area contributed by atoms with Crippen LogP contribution in [0.25, 0.3) is 22.0 Å². The topological polar surface area (TPSA) is 73.9 Å². The van der Waals surface area contributed by atoms with E-state index in [0.717, 1.165) is 28.2 Å². The van der Waals surface area contributed by atoms with Gasteiger partial charge in [0.15, 0.2) is 0 Å². The standard InChI is InChI=1S/C22H21N5O/c1-27(2)21-9-5-8-18(24-21)14-23-22(28)20-13-19(25-26-20)17-11-10-15-6-3-4-7-16(15)12-17/h3-13H,14H2,1-2H3,(H,23,28)(H,25,26). The van der Waals surface area contributed by atoms with Gasteiger partial charge in [-0.15, -0.1) is 0 Å². The highest BCUT2D eigenvalue weighted by Crippen LogP contribution is 2.23. The summed E-state index contributed by atoms with van der Waals surface area (Å²) in [5.41, 5.74) is 2.93. The maximum atomic E-state index is 12.5. The van der Waals surface area contributed by atoms with Crippen LogP contribution in [0.2, 0.25) is 0 Å². The van der Waals surface area contributed by atoms with Crippen LogP contribution in [0.5, 0.6) is 0 Å². The van der Waals surface area contributed by atoms with Crippen LogP contribution >= 0.6 is 0 Å². The van der Waals surface area contributed by atoms with E-state index >= 15 is 0 Å². The molecule has 1 amide bonds. The molecule has 6 heteroatoms. The van der Waals surface area contributed by atoms with Crippen molar-refractivity contribution in [2.24, 2.45) is 0 Å². The second kappa shape index (κ2) is 7.52. The van der Waals surface area contributed by atoms with E-state index in [4.69, 9.17) is 0 Å². The Morgan fingerprint density at radius 3 is 2.64 bits per heavy atom. The third kappa shape index (κ3) is 3.71. The fraction of sp³-hybridized carbons (Fsp3) is 0.136. The van der Waals surface area contributed by atoms with Gasteiger partial charge in [0, 0.05) is 19.7 Å². The Kier molecular flexibility index (Phi) is 4.76. The lowest BCUT2D eigenvalue weighted by Gasteiger charge is -2.12. The Morgan fingerprint density at radius 2 is 1.82 bits per heavy atom. The number of carbonyl (C=O) groups excluding carboxylic acids is 1. The van der Waals surface area contributed by atoms with Crippen LogP contribution in [0.4, 0.5) is 5.82 Å². The molecule has 0 aliphatic heterocycles. The number of hydrogen-bond donors (Lipinski definition) is 2. The Morgan fingerprint density at radius 1 is 1.00 bits per heavy atom. The van der Waals surface area contributed by atoms with Crippen molar-refractivity contribution in [3.8, 4) is 11.3 Å². The number of rotatable bonds is 5. The second-order valence-corrected chi connectivity index (χ2v) is 6.79. The van der Waals surface area contributed by atoms with E-state index in [-0.39, 0.29) is 5.91 Å². The summed E-state index contributed by atoms with van der Waals surface area (Å²) in [5.74, 6) is 0.642. The molecule has 0 saturated heterocycles. The van der Waals surface area contributed by atoms with Crippen molar-refractivity contribution in [3.05, 3.63) is 78.1 Å². The smallest absolute Gasteiger partial charge is 0.269 e. The average Bonchev–Trinajstić information content (AvgIpc) is 3.22. The van der Waals surface area contributed by atoms with Gasteiger partial charge in [-0.1, -0.05) is 42.5 Å². The Labute approximate surface area is 163 Å². The number of H-pyrrole nitrogens is 1. The van der Waals surface area contributed by atoms with Gasteiger partial charge in [-0.05, 0) is 35.0 Å². The van der Waals surface area contributed by atoms with Crippen molar-refractivity contribution >= 4 is 22.5 Å². The molecule has 0 spiro atoms. The molecule has 0 radical (unpaired) electrons. The number of benzene rings is 2. The van der Waals surface area contributed by atoms with Crippen LogP contribution in [0.3, 0.4) is 0 Å². The molecule has 0 unspecified atom stereocenters. The zero-order valence-electron chi connectivity index (χ0n) is 15.8. The average molecular weight is 371 g/mol. The van der Waals surface area contributed by atoms with E-state index < -0.39 is 0 Å². The van der Waals surface area contributed by atoms with Crippen LogP contribution < -0.4 is 10.2 Å². The molecule has 4 rings (SSSR count). The van der Waals surface area contributed by atoms with Crippen molar-refractivity contribution in [1.82, 2.24) is 20.5 Å². The van der Waals surface area contributed by atoms with Crippen molar-refractivity contribution < 1.29 is 4.79 Å². The minimum atomic E-state index is -0.211. The monoisotopic (exact) mass is 371 g/mol. The highest BCUT2D eigenvalue weighted by molar-refractivity contribution is 5.94. The highest BCUT2D eigenvalue weighted by Gasteiger charge is 2.12. The molecular formula is C22H21N5O. The summed E-state index contributed by atoms with van der Waals surface area (Å²) in [6.45, 7) is 0.352. The summed E-state index contributed by atoms with van der Waals surface area (Å²) in [6.07, 6.45) is 0. The number of hydrogen-bond acceptors (Lipinski definition) is 4. The summed E-state index contributed by atoms with van der Waals surface area (Å²) in [6, 6.07) is 21.8. The van der Waals surface area contributed by atoms with Crippen molar-refractivity contribution in [3.63, 3.8) is 0 Å². The van der Waals surface area contributed by atoms with Gasteiger partial charge in [0.25, 0.3) is 5.91 Å². The summed E-state index contributed by atoms with van der Waals surface area (Å²) < 4.78 is 0. The van der Waals surface area contributed by atoms with Gasteiger partial charge in [0.1, 0.15) is 11.5 Å². The molecular weight excluding hydrogens is 350 g/mol.